The van der Waals surface area contributed by atoms with Crippen LogP contribution in [-0.2, 0) is 4.79 Å². The highest BCUT2D eigenvalue weighted by molar-refractivity contribution is 5.71. The van der Waals surface area contributed by atoms with E-state index in [0.717, 1.165) is 5.56 Å². The molecule has 1 atom stereocenters. The lowest BCUT2D eigenvalue weighted by Gasteiger charge is -2.26. The zero-order valence-electron chi connectivity index (χ0n) is 11.6. The minimum Gasteiger partial charge on any atom is -0.481 e. The number of carboxylic acid groups (broad SMARTS) is 1. The normalized spacial score (nSPS) is 11.7. The molecule has 0 aliphatic heterocycles. The molecule has 1 N–H and O–H groups in total. The third kappa shape index (κ3) is 3.81. The fourth-order valence-electron chi connectivity index (χ4n) is 1.89. The van der Waals surface area contributed by atoms with Crippen molar-refractivity contribution >= 4 is 17.3 Å². The van der Waals surface area contributed by atoms with Gasteiger partial charge in [-0.05, 0) is 12.5 Å². The van der Waals surface area contributed by atoms with Crippen LogP contribution in [-0.4, -0.2) is 29.1 Å². The van der Waals surface area contributed by atoms with Gasteiger partial charge in [-0.1, -0.05) is 19.1 Å². The number of carboxylic acids is 1. The van der Waals surface area contributed by atoms with E-state index < -0.39 is 16.8 Å². The van der Waals surface area contributed by atoms with Crippen LogP contribution >= 0.6 is 0 Å². The highest BCUT2D eigenvalue weighted by Crippen LogP contribution is 2.26. The quantitative estimate of drug-likeness (QED) is 0.471. The van der Waals surface area contributed by atoms with Gasteiger partial charge < -0.3 is 10.0 Å². The molecule has 108 valence electrons. The van der Waals surface area contributed by atoms with Crippen LogP contribution in [0.25, 0.3) is 0 Å². The number of aryl methyl sites for hydroxylation is 1. The number of hydrogen-bond acceptors (Lipinski definition) is 4. The largest absolute Gasteiger partial charge is 0.481 e. The van der Waals surface area contributed by atoms with Gasteiger partial charge in [-0.3, -0.25) is 14.9 Å². The first-order chi connectivity index (χ1) is 9.36. The number of non-ortho nitro benzene ring substituents is 1. The first-order valence-electron chi connectivity index (χ1n) is 6.20. The highest BCUT2D eigenvalue weighted by Gasteiger charge is 2.19. The number of anilines is 1. The first kappa shape index (κ1) is 15.7. The van der Waals surface area contributed by atoms with Gasteiger partial charge >= 0.3 is 5.97 Å². The van der Waals surface area contributed by atoms with Crippen molar-refractivity contribution in [3.63, 3.8) is 0 Å². The predicted octanol–water partition coefficient (Wildman–Crippen LogP) is 2.62. The van der Waals surface area contributed by atoms with Gasteiger partial charge in [-0.2, -0.15) is 0 Å². The maximum atomic E-state index is 11.0. The summed E-state index contributed by atoms with van der Waals surface area (Å²) in [4.78, 5) is 23.1. The molecule has 0 fully saturated rings. The van der Waals surface area contributed by atoms with Gasteiger partial charge in [0.2, 0.25) is 0 Å². The molecule has 6 heteroatoms. The van der Waals surface area contributed by atoms with E-state index in [2.05, 4.69) is 6.58 Å². The number of hydrogen-bond donors (Lipinski definition) is 1. The van der Waals surface area contributed by atoms with Crippen molar-refractivity contribution in [2.75, 3.05) is 18.0 Å². The van der Waals surface area contributed by atoms with Crippen molar-refractivity contribution in [2.24, 2.45) is 5.92 Å². The van der Waals surface area contributed by atoms with Crippen molar-refractivity contribution in [3.8, 4) is 0 Å². The van der Waals surface area contributed by atoms with E-state index >= 15 is 0 Å². The van der Waals surface area contributed by atoms with Gasteiger partial charge in [0.15, 0.2) is 0 Å². The molecule has 0 radical (unpaired) electrons. The number of rotatable bonds is 7. The molecule has 1 rings (SSSR count). The molecule has 6 nitrogen and oxygen atoms in total. The number of nitrogens with zero attached hydrogens (tertiary/aromatic N) is 2. The molecule has 20 heavy (non-hydrogen) atoms. The van der Waals surface area contributed by atoms with Crippen molar-refractivity contribution < 1.29 is 14.8 Å². The second kappa shape index (κ2) is 6.70. The molecule has 1 aromatic carbocycles. The summed E-state index contributed by atoms with van der Waals surface area (Å²) in [5.41, 5.74) is 1.50. The molecule has 0 amide bonds. The third-order valence-corrected chi connectivity index (χ3v) is 3.01. The average molecular weight is 278 g/mol. The molecule has 0 saturated carbocycles. The summed E-state index contributed by atoms with van der Waals surface area (Å²) in [5, 5.41) is 19.8. The van der Waals surface area contributed by atoms with Gasteiger partial charge in [0.25, 0.3) is 5.69 Å². The van der Waals surface area contributed by atoms with E-state index in [0.29, 0.717) is 12.2 Å². The summed E-state index contributed by atoms with van der Waals surface area (Å²) in [6.45, 7) is 7.78. The molecule has 0 aromatic heterocycles. The molecule has 1 unspecified atom stereocenters. The van der Waals surface area contributed by atoms with E-state index in [1.165, 1.54) is 12.1 Å². The molecule has 0 aliphatic rings. The minimum atomic E-state index is -0.901. The van der Waals surface area contributed by atoms with Gasteiger partial charge in [0.05, 0.1) is 10.8 Å². The summed E-state index contributed by atoms with van der Waals surface area (Å²) < 4.78 is 0. The molecule has 0 spiro atoms. The fraction of sp³-hybridized carbons (Fsp3) is 0.357. The minimum absolute atomic E-state index is 0.0114. The summed E-state index contributed by atoms with van der Waals surface area (Å²) in [6, 6.07) is 4.56. The number of aliphatic carboxylic acids is 1. The Kier molecular flexibility index (Phi) is 5.25. The monoisotopic (exact) mass is 278 g/mol. The maximum absolute atomic E-state index is 11.0. The van der Waals surface area contributed by atoms with E-state index in [-0.39, 0.29) is 12.2 Å². The molecule has 0 aliphatic carbocycles. The lowest BCUT2D eigenvalue weighted by Crippen LogP contribution is -2.32. The van der Waals surface area contributed by atoms with Crippen LogP contribution in [0, 0.1) is 23.0 Å². The Labute approximate surface area is 117 Å². The first-order valence-corrected chi connectivity index (χ1v) is 6.20. The molecule has 1 aromatic rings. The Hall–Kier alpha value is -2.37. The van der Waals surface area contributed by atoms with E-state index in [1.807, 2.05) is 6.92 Å². The lowest BCUT2D eigenvalue weighted by atomic mass is 10.1. The Balaban J connectivity index is 3.13. The summed E-state index contributed by atoms with van der Waals surface area (Å²) in [5.74, 6) is -1.48. The van der Waals surface area contributed by atoms with Gasteiger partial charge in [0.1, 0.15) is 0 Å². The maximum Gasteiger partial charge on any atom is 0.308 e. The summed E-state index contributed by atoms with van der Waals surface area (Å²) >= 11 is 0. The number of nitro benzene ring substituents is 1. The van der Waals surface area contributed by atoms with Crippen molar-refractivity contribution in [3.05, 3.63) is 46.5 Å². The van der Waals surface area contributed by atoms with E-state index in [9.17, 15) is 14.9 Å². The SMILES string of the molecule is C=CCN(CC(C)C(=O)O)c1cc([N+](=O)[O-])ccc1C. The zero-order valence-corrected chi connectivity index (χ0v) is 11.6. The molecular weight excluding hydrogens is 260 g/mol. The molecular formula is C14H18N2O4. The van der Waals surface area contributed by atoms with Crippen molar-refractivity contribution in [1.29, 1.82) is 0 Å². The van der Waals surface area contributed by atoms with Crippen LogP contribution < -0.4 is 4.90 Å². The summed E-state index contributed by atoms with van der Waals surface area (Å²) in [6.07, 6.45) is 1.65. The number of carbonyl (C=O) groups is 1. The van der Waals surface area contributed by atoms with Crippen LogP contribution in [0.5, 0.6) is 0 Å². The average Bonchev–Trinajstić information content (AvgIpc) is 2.38. The number of nitro groups is 1. The molecule has 0 bridgehead atoms. The predicted molar refractivity (Wildman–Crippen MR) is 77.0 cm³/mol. The molecule has 0 heterocycles. The lowest BCUT2D eigenvalue weighted by molar-refractivity contribution is -0.384. The molecule has 0 saturated heterocycles. The Morgan fingerprint density at radius 1 is 1.60 bits per heavy atom. The second-order valence-corrected chi connectivity index (χ2v) is 4.66. The van der Waals surface area contributed by atoms with Crippen LogP contribution in [0.3, 0.4) is 0 Å². The fourth-order valence-corrected chi connectivity index (χ4v) is 1.89. The smallest absolute Gasteiger partial charge is 0.308 e. The van der Waals surface area contributed by atoms with Gasteiger partial charge in [0, 0.05) is 30.9 Å². The van der Waals surface area contributed by atoms with E-state index in [1.54, 1.807) is 24.0 Å². The van der Waals surface area contributed by atoms with Crippen molar-refractivity contribution in [2.45, 2.75) is 13.8 Å². The van der Waals surface area contributed by atoms with Crippen molar-refractivity contribution in [1.82, 2.24) is 0 Å². The Bertz CT molecular complexity index is 528. The van der Waals surface area contributed by atoms with E-state index in [4.69, 9.17) is 5.11 Å². The van der Waals surface area contributed by atoms with Crippen LogP contribution in [0.15, 0.2) is 30.9 Å². The standard InChI is InChI=1S/C14H18N2O4/c1-4-7-15(9-11(3)14(17)18)13-8-12(16(19)20)6-5-10(13)2/h4-6,8,11H,1,7,9H2,2-3H3,(H,17,18). The Morgan fingerprint density at radius 2 is 2.25 bits per heavy atom. The Morgan fingerprint density at radius 3 is 2.75 bits per heavy atom. The zero-order chi connectivity index (χ0) is 15.3. The van der Waals surface area contributed by atoms with Gasteiger partial charge in [-0.15, -0.1) is 6.58 Å². The van der Waals surface area contributed by atoms with Crippen LogP contribution in [0.2, 0.25) is 0 Å². The summed E-state index contributed by atoms with van der Waals surface area (Å²) in [7, 11) is 0. The highest BCUT2D eigenvalue weighted by atomic mass is 16.6. The number of benzene rings is 1. The van der Waals surface area contributed by atoms with Crippen LogP contribution in [0.1, 0.15) is 12.5 Å². The third-order valence-electron chi connectivity index (χ3n) is 3.01. The van der Waals surface area contributed by atoms with Crippen LogP contribution in [0.4, 0.5) is 11.4 Å². The van der Waals surface area contributed by atoms with Gasteiger partial charge in [-0.25, -0.2) is 0 Å². The topological polar surface area (TPSA) is 83.7 Å². The second-order valence-electron chi connectivity index (χ2n) is 4.66.